The Balaban J connectivity index is 1.63. The molecular weight excluding hydrogens is 287 g/mol. The van der Waals surface area contributed by atoms with E-state index in [4.69, 9.17) is 4.74 Å². The minimum absolute atomic E-state index is 0.308. The second kappa shape index (κ2) is 10.5. The summed E-state index contributed by atoms with van der Waals surface area (Å²) in [5.74, 6) is 3.65. The van der Waals surface area contributed by atoms with E-state index in [9.17, 15) is 4.39 Å². The predicted octanol–water partition coefficient (Wildman–Crippen LogP) is 6.33. The highest BCUT2D eigenvalue weighted by Crippen LogP contribution is 2.43. The number of hydrogen-bond donors (Lipinski definition) is 0. The lowest BCUT2D eigenvalue weighted by Gasteiger charge is -2.39. The Bertz CT molecular complexity index is 325. The summed E-state index contributed by atoms with van der Waals surface area (Å²) in [6.07, 6.45) is 17.8. The van der Waals surface area contributed by atoms with Crippen LogP contribution in [0.15, 0.2) is 12.2 Å². The van der Waals surface area contributed by atoms with Gasteiger partial charge in [0.1, 0.15) is 6.67 Å². The Morgan fingerprint density at radius 2 is 1.57 bits per heavy atom. The smallest absolute Gasteiger partial charge is 0.108 e. The Morgan fingerprint density at radius 3 is 2.13 bits per heavy atom. The number of allylic oxidation sites excluding steroid dienone is 2. The first-order valence-corrected chi connectivity index (χ1v) is 10.1. The molecule has 0 heterocycles. The summed E-state index contributed by atoms with van der Waals surface area (Å²) >= 11 is 0. The average Bonchev–Trinajstić information content (AvgIpc) is 2.60. The predicted molar refractivity (Wildman–Crippen MR) is 96.3 cm³/mol. The molecule has 134 valence electrons. The summed E-state index contributed by atoms with van der Waals surface area (Å²) in [5.41, 5.74) is 0. The molecule has 1 unspecified atom stereocenters. The van der Waals surface area contributed by atoms with Crippen molar-refractivity contribution in [1.29, 1.82) is 0 Å². The zero-order valence-electron chi connectivity index (χ0n) is 15.3. The molecule has 0 bridgehead atoms. The molecule has 1 atom stereocenters. The number of alkyl halides is 1. The maximum atomic E-state index is 12.0. The van der Waals surface area contributed by atoms with Crippen molar-refractivity contribution < 1.29 is 9.13 Å². The van der Waals surface area contributed by atoms with Crippen LogP contribution in [0.3, 0.4) is 0 Å². The van der Waals surface area contributed by atoms with Gasteiger partial charge >= 0.3 is 0 Å². The van der Waals surface area contributed by atoms with E-state index in [2.05, 4.69) is 13.8 Å². The van der Waals surface area contributed by atoms with Crippen molar-refractivity contribution >= 4 is 0 Å². The van der Waals surface area contributed by atoms with Crippen LogP contribution >= 0.6 is 0 Å². The van der Waals surface area contributed by atoms with Crippen LogP contribution in [0.5, 0.6) is 0 Å². The van der Waals surface area contributed by atoms with Crippen LogP contribution in [0.1, 0.15) is 78.1 Å². The van der Waals surface area contributed by atoms with E-state index < -0.39 is 0 Å². The molecule has 2 rings (SSSR count). The van der Waals surface area contributed by atoms with Crippen LogP contribution in [0.2, 0.25) is 0 Å². The molecule has 1 nitrogen and oxygen atoms in total. The third kappa shape index (κ3) is 6.21. The van der Waals surface area contributed by atoms with E-state index in [0.29, 0.717) is 6.10 Å². The Labute approximate surface area is 143 Å². The molecule has 0 aliphatic heterocycles. The SMILES string of the molecule is CCOC(C)[C@H]1CC[C@H]([C@H]2CC[C@H](CCC=CCF)CC2)CC1. The third-order valence-electron chi connectivity index (χ3n) is 6.47. The molecule has 0 spiro atoms. The van der Waals surface area contributed by atoms with Crippen molar-refractivity contribution in [1.82, 2.24) is 0 Å². The van der Waals surface area contributed by atoms with Gasteiger partial charge in [-0.2, -0.15) is 0 Å². The molecule has 2 aliphatic carbocycles. The van der Waals surface area contributed by atoms with Gasteiger partial charge in [0.15, 0.2) is 0 Å². The van der Waals surface area contributed by atoms with Gasteiger partial charge in [0.05, 0.1) is 6.10 Å². The highest BCUT2D eigenvalue weighted by Gasteiger charge is 2.32. The highest BCUT2D eigenvalue weighted by molar-refractivity contribution is 4.85. The summed E-state index contributed by atoms with van der Waals surface area (Å²) in [6, 6.07) is 0. The minimum atomic E-state index is -0.308. The summed E-state index contributed by atoms with van der Waals surface area (Å²) < 4.78 is 17.8. The van der Waals surface area contributed by atoms with Gasteiger partial charge in [-0.05, 0) is 88.9 Å². The molecule has 23 heavy (non-hydrogen) atoms. The maximum absolute atomic E-state index is 12.0. The first kappa shape index (κ1) is 19.0. The average molecular weight is 325 g/mol. The van der Waals surface area contributed by atoms with Crippen molar-refractivity contribution in [3.63, 3.8) is 0 Å². The first-order chi connectivity index (χ1) is 11.2. The molecule has 0 radical (unpaired) electrons. The summed E-state index contributed by atoms with van der Waals surface area (Å²) in [7, 11) is 0. The normalized spacial score (nSPS) is 33.9. The van der Waals surface area contributed by atoms with Crippen LogP contribution in [-0.4, -0.2) is 19.4 Å². The van der Waals surface area contributed by atoms with Gasteiger partial charge in [0.2, 0.25) is 0 Å². The fourth-order valence-electron chi connectivity index (χ4n) is 4.95. The number of hydrogen-bond acceptors (Lipinski definition) is 1. The van der Waals surface area contributed by atoms with Gasteiger partial charge in [0.25, 0.3) is 0 Å². The molecule has 0 amide bonds. The van der Waals surface area contributed by atoms with E-state index in [0.717, 1.165) is 36.7 Å². The molecule has 0 aromatic heterocycles. The number of rotatable bonds is 8. The summed E-state index contributed by atoms with van der Waals surface area (Å²) in [6.45, 7) is 4.91. The van der Waals surface area contributed by atoms with E-state index in [1.165, 1.54) is 57.8 Å². The fourth-order valence-corrected chi connectivity index (χ4v) is 4.95. The van der Waals surface area contributed by atoms with Crippen molar-refractivity contribution in [3.8, 4) is 0 Å². The van der Waals surface area contributed by atoms with Gasteiger partial charge in [-0.25, -0.2) is 4.39 Å². The maximum Gasteiger partial charge on any atom is 0.108 e. The summed E-state index contributed by atoms with van der Waals surface area (Å²) in [5, 5.41) is 0. The van der Waals surface area contributed by atoms with E-state index in [1.807, 2.05) is 6.08 Å². The van der Waals surface area contributed by atoms with Crippen LogP contribution in [0.25, 0.3) is 0 Å². The third-order valence-corrected chi connectivity index (χ3v) is 6.47. The van der Waals surface area contributed by atoms with Gasteiger partial charge in [0, 0.05) is 6.61 Å². The molecular formula is C21H37FO. The molecule has 0 aromatic rings. The zero-order chi connectivity index (χ0) is 16.5. The monoisotopic (exact) mass is 324 g/mol. The summed E-state index contributed by atoms with van der Waals surface area (Å²) in [4.78, 5) is 0. The molecule has 0 N–H and O–H groups in total. The molecule has 2 aliphatic rings. The van der Waals surface area contributed by atoms with Crippen LogP contribution < -0.4 is 0 Å². The topological polar surface area (TPSA) is 9.23 Å². The Morgan fingerprint density at radius 1 is 0.957 bits per heavy atom. The van der Waals surface area contributed by atoms with Crippen LogP contribution in [0, 0.1) is 23.7 Å². The van der Waals surface area contributed by atoms with E-state index in [1.54, 1.807) is 6.08 Å². The second-order valence-corrected chi connectivity index (χ2v) is 7.82. The van der Waals surface area contributed by atoms with Gasteiger partial charge in [-0.15, -0.1) is 0 Å². The molecule has 2 heteroatoms. The van der Waals surface area contributed by atoms with Crippen LogP contribution in [0.4, 0.5) is 4.39 Å². The van der Waals surface area contributed by atoms with Gasteiger partial charge in [-0.1, -0.05) is 25.0 Å². The quantitative estimate of drug-likeness (QED) is 0.474. The van der Waals surface area contributed by atoms with Gasteiger partial charge < -0.3 is 4.74 Å². The van der Waals surface area contributed by atoms with E-state index in [-0.39, 0.29) is 6.67 Å². The van der Waals surface area contributed by atoms with E-state index >= 15 is 0 Å². The van der Waals surface area contributed by atoms with Crippen molar-refractivity contribution in [2.24, 2.45) is 23.7 Å². The second-order valence-electron chi connectivity index (χ2n) is 7.82. The zero-order valence-corrected chi connectivity index (χ0v) is 15.3. The molecule has 2 fully saturated rings. The van der Waals surface area contributed by atoms with Crippen molar-refractivity contribution in [2.45, 2.75) is 84.2 Å². The largest absolute Gasteiger partial charge is 0.379 e. The molecule has 2 saturated carbocycles. The minimum Gasteiger partial charge on any atom is -0.379 e. The molecule has 0 saturated heterocycles. The highest BCUT2D eigenvalue weighted by atomic mass is 19.1. The standard InChI is InChI=1S/C21H37FO/c1-3-23-17(2)19-12-14-21(15-13-19)20-10-8-18(9-11-20)7-5-4-6-16-22/h4,6,17-21H,3,5,7-16H2,1-2H3/t17?,18-,19-,20-,21-. The fraction of sp³-hybridized carbons (Fsp3) is 0.905. The molecule has 0 aromatic carbocycles. The Hall–Kier alpha value is -0.370. The number of ether oxygens (including phenoxy) is 1. The van der Waals surface area contributed by atoms with Crippen molar-refractivity contribution in [2.75, 3.05) is 13.3 Å². The Kier molecular flexibility index (Phi) is 8.64. The van der Waals surface area contributed by atoms with Gasteiger partial charge in [-0.3, -0.25) is 0 Å². The lowest BCUT2D eigenvalue weighted by atomic mass is 9.68. The first-order valence-electron chi connectivity index (χ1n) is 10.1. The lowest BCUT2D eigenvalue weighted by molar-refractivity contribution is 0.00799. The lowest BCUT2D eigenvalue weighted by Crippen LogP contribution is -2.30. The van der Waals surface area contributed by atoms with Crippen LogP contribution in [-0.2, 0) is 4.74 Å². The van der Waals surface area contributed by atoms with Crippen molar-refractivity contribution in [3.05, 3.63) is 12.2 Å². The number of halogens is 1.